The molecule has 0 heterocycles. The molecule has 0 aliphatic heterocycles. The highest BCUT2D eigenvalue weighted by Gasteiger charge is 2.17. The quantitative estimate of drug-likeness (QED) is 0.150. The third-order valence-corrected chi connectivity index (χ3v) is 8.62. The van der Waals surface area contributed by atoms with Crippen molar-refractivity contribution in [2.45, 2.75) is 6.42 Å². The Labute approximate surface area is 292 Å². The van der Waals surface area contributed by atoms with Crippen LogP contribution in [0, 0.1) is 0 Å². The largest absolute Gasteiger partial charge is 0.872 e. The fourth-order valence-electron chi connectivity index (χ4n) is 6.10. The van der Waals surface area contributed by atoms with Crippen molar-refractivity contribution in [1.29, 1.82) is 0 Å². The van der Waals surface area contributed by atoms with Crippen molar-refractivity contribution in [3.8, 4) is 11.5 Å². The van der Waals surface area contributed by atoms with E-state index in [1.807, 2.05) is 72.8 Å². The molecular weight excluding hydrogens is 642 g/mol. The summed E-state index contributed by atoms with van der Waals surface area (Å²) in [4.78, 5) is 23.1. The molecule has 252 valence electrons. The van der Waals surface area contributed by atoms with Gasteiger partial charge in [-0.25, -0.2) is 9.59 Å². The summed E-state index contributed by atoms with van der Waals surface area (Å²) in [5, 5.41) is 52.6. The zero-order valence-corrected chi connectivity index (χ0v) is 27.2. The first-order valence-corrected chi connectivity index (χ1v) is 15.9. The molecule has 8 N–H and O–H groups in total. The number of aromatic carboxylic acids is 2. The second-order valence-electron chi connectivity index (χ2n) is 11.9. The number of hydrogen-bond acceptors (Lipinski definition) is 6. The lowest BCUT2D eigenvalue weighted by atomic mass is 9.90. The first-order valence-electron chi connectivity index (χ1n) is 15.9. The van der Waals surface area contributed by atoms with E-state index in [9.17, 15) is 30.0 Å². The molecule has 9 heteroatoms. The van der Waals surface area contributed by atoms with Gasteiger partial charge in [0.1, 0.15) is 0 Å². The third kappa shape index (κ3) is 7.04. The van der Waals surface area contributed by atoms with Gasteiger partial charge in [-0.2, -0.15) is 0 Å². The SMILES string of the molecule is Nc1ccc(C(=C2C=CC(=[NH2+])C=C2)c2ccc(N)cc2)cc1.O=C(O)c1cc2ccccc2c(Cc2c([O-])c(C(=O)O)cc3ccccc23)c1[O-]. The smallest absolute Gasteiger partial charge is 0.335 e. The van der Waals surface area contributed by atoms with E-state index in [1.165, 1.54) is 12.1 Å². The van der Waals surface area contributed by atoms with Crippen LogP contribution in [0.4, 0.5) is 11.4 Å². The topological polar surface area (TPSA) is 198 Å². The monoisotopic (exact) mass is 674 g/mol. The lowest BCUT2D eigenvalue weighted by Gasteiger charge is -2.24. The third-order valence-electron chi connectivity index (χ3n) is 8.62. The molecule has 0 aromatic heterocycles. The average molecular weight is 675 g/mol. The van der Waals surface area contributed by atoms with Crippen molar-refractivity contribution in [2.24, 2.45) is 0 Å². The van der Waals surface area contributed by atoms with Crippen LogP contribution in [-0.4, -0.2) is 27.9 Å². The summed E-state index contributed by atoms with van der Waals surface area (Å²) in [5.41, 5.74) is 17.8. The van der Waals surface area contributed by atoms with Crippen LogP contribution in [0.25, 0.3) is 27.1 Å². The first kappa shape index (κ1) is 33.8. The number of nitrogens with two attached hydrogens (primary N) is 3. The second-order valence-corrected chi connectivity index (χ2v) is 11.9. The van der Waals surface area contributed by atoms with Crippen molar-refractivity contribution in [3.63, 3.8) is 0 Å². The van der Waals surface area contributed by atoms with Gasteiger partial charge < -0.3 is 31.9 Å². The molecule has 0 fully saturated rings. The van der Waals surface area contributed by atoms with Gasteiger partial charge in [0.2, 0.25) is 0 Å². The summed E-state index contributed by atoms with van der Waals surface area (Å²) >= 11 is 0. The van der Waals surface area contributed by atoms with Gasteiger partial charge in [0.15, 0.2) is 5.71 Å². The molecule has 9 nitrogen and oxygen atoms in total. The minimum absolute atomic E-state index is 0.158. The molecule has 0 saturated heterocycles. The Morgan fingerprint density at radius 3 is 1.37 bits per heavy atom. The maximum absolute atomic E-state index is 12.9. The van der Waals surface area contributed by atoms with Crippen LogP contribution in [0.15, 0.2) is 139 Å². The summed E-state index contributed by atoms with van der Waals surface area (Å²) in [6.45, 7) is 0. The predicted molar refractivity (Wildman–Crippen MR) is 196 cm³/mol. The highest BCUT2D eigenvalue weighted by atomic mass is 16.4. The molecule has 1 aliphatic rings. The molecule has 0 spiro atoms. The van der Waals surface area contributed by atoms with Gasteiger partial charge in [-0.3, -0.25) is 5.41 Å². The Bertz CT molecular complexity index is 2280. The van der Waals surface area contributed by atoms with Crippen LogP contribution in [0.2, 0.25) is 0 Å². The van der Waals surface area contributed by atoms with Crippen molar-refractivity contribution < 1.29 is 35.4 Å². The first-order chi connectivity index (χ1) is 24.5. The van der Waals surface area contributed by atoms with Crippen molar-refractivity contribution >= 4 is 56.1 Å². The van der Waals surface area contributed by atoms with Gasteiger partial charge in [-0.05, 0) is 110 Å². The van der Waals surface area contributed by atoms with E-state index in [2.05, 4.69) is 0 Å². The van der Waals surface area contributed by atoms with Crippen LogP contribution < -0.4 is 27.1 Å². The van der Waals surface area contributed by atoms with Gasteiger partial charge in [-0.15, -0.1) is 0 Å². The number of carbonyl (C=O) groups is 2. The molecule has 0 unspecified atom stereocenters. The number of rotatable bonds is 6. The van der Waals surface area contributed by atoms with Crippen molar-refractivity contribution in [1.82, 2.24) is 0 Å². The zero-order valence-electron chi connectivity index (χ0n) is 27.2. The van der Waals surface area contributed by atoms with Gasteiger partial charge in [0, 0.05) is 23.5 Å². The minimum atomic E-state index is -1.35. The maximum atomic E-state index is 12.9. The minimum Gasteiger partial charge on any atom is -0.872 e. The van der Waals surface area contributed by atoms with E-state index in [0.717, 1.165) is 39.4 Å². The van der Waals surface area contributed by atoms with E-state index in [1.54, 1.807) is 48.5 Å². The Morgan fingerprint density at radius 1 is 0.588 bits per heavy atom. The van der Waals surface area contributed by atoms with E-state index in [0.29, 0.717) is 21.5 Å². The lowest BCUT2D eigenvalue weighted by Crippen LogP contribution is -2.37. The number of benzene rings is 6. The zero-order chi connectivity index (χ0) is 36.2. The Morgan fingerprint density at radius 2 is 0.980 bits per heavy atom. The van der Waals surface area contributed by atoms with E-state index < -0.39 is 23.4 Å². The second kappa shape index (κ2) is 14.2. The molecule has 6 aromatic carbocycles. The average Bonchev–Trinajstić information content (AvgIpc) is 3.12. The summed E-state index contributed by atoms with van der Waals surface area (Å²) in [6, 6.07) is 32.0. The number of carboxylic acid groups (broad SMARTS) is 2. The number of allylic oxidation sites excluding steroid dienone is 5. The normalized spacial score (nSPS) is 12.1. The summed E-state index contributed by atoms with van der Waals surface area (Å²) in [6.07, 6.45) is 7.70. The molecule has 51 heavy (non-hydrogen) atoms. The van der Waals surface area contributed by atoms with E-state index in [4.69, 9.17) is 16.9 Å². The number of hydrogen-bond donors (Lipinski definition) is 5. The number of carboxylic acids is 2. The molecule has 0 bridgehead atoms. The summed E-state index contributed by atoms with van der Waals surface area (Å²) in [7, 11) is 0. The van der Waals surface area contributed by atoms with Crippen LogP contribution >= 0.6 is 0 Å². The number of fused-ring (bicyclic) bond motifs is 2. The van der Waals surface area contributed by atoms with Crippen LogP contribution in [-0.2, 0) is 6.42 Å². The van der Waals surface area contributed by atoms with Crippen LogP contribution in [0.1, 0.15) is 43.0 Å². The summed E-state index contributed by atoms with van der Waals surface area (Å²) < 4.78 is 0. The molecular formula is C42H32N3O6-. The highest BCUT2D eigenvalue weighted by Crippen LogP contribution is 2.37. The molecule has 6 aromatic rings. The molecule has 0 saturated carbocycles. The molecule has 1 aliphatic carbocycles. The van der Waals surface area contributed by atoms with Gasteiger partial charge in [0.05, 0.1) is 11.1 Å². The highest BCUT2D eigenvalue weighted by molar-refractivity contribution is 6.04. The molecule has 7 rings (SSSR count). The van der Waals surface area contributed by atoms with Crippen molar-refractivity contribution in [2.75, 3.05) is 11.5 Å². The molecule has 0 radical (unpaired) electrons. The fraction of sp³-hybridized carbons (Fsp3) is 0.0238. The Balaban J connectivity index is 0.000000183. The Hall–Kier alpha value is -7.13. The maximum Gasteiger partial charge on any atom is 0.335 e. The Kier molecular flexibility index (Phi) is 9.37. The summed E-state index contributed by atoms with van der Waals surface area (Å²) in [5.74, 6) is -4.07. The van der Waals surface area contributed by atoms with E-state index >= 15 is 0 Å². The molecule has 0 amide bonds. The predicted octanol–water partition coefficient (Wildman–Crippen LogP) is 5.11. The standard InChI is InChI=1S/C23H16O6.C19H17N3/c24-20-16(14-7-3-1-5-12(14)9-18(20)22(26)27)11-17-15-8-4-2-6-13(15)10-19(21(17)25)23(28)29;20-16-7-1-13(2-8-16)19(14-3-9-17(21)10-4-14)15-5-11-18(22)12-6-15/h1-10,24-25H,11H2,(H,26,27)(H,28,29);1-12,20H,21-22H2/p-1. The van der Waals surface area contributed by atoms with Gasteiger partial charge in [-0.1, -0.05) is 84.3 Å². The lowest BCUT2D eigenvalue weighted by molar-refractivity contribution is -0.270. The van der Waals surface area contributed by atoms with Gasteiger partial charge >= 0.3 is 11.9 Å². The van der Waals surface area contributed by atoms with Crippen molar-refractivity contribution in [3.05, 3.63) is 172 Å². The van der Waals surface area contributed by atoms with Crippen LogP contribution in [0.5, 0.6) is 11.5 Å². The van der Waals surface area contributed by atoms with E-state index in [-0.39, 0.29) is 28.7 Å². The fourth-order valence-corrected chi connectivity index (χ4v) is 6.10. The number of anilines is 2. The van der Waals surface area contributed by atoms with Gasteiger partial charge in [0.25, 0.3) is 0 Å². The van der Waals surface area contributed by atoms with Crippen LogP contribution in [0.3, 0.4) is 0 Å². The molecule has 0 atom stereocenters. The number of nitrogen functional groups attached to an aromatic ring is 2.